The maximum absolute atomic E-state index is 12.7. The number of imidazole rings is 1. The first-order valence-electron chi connectivity index (χ1n) is 7.20. The fourth-order valence-corrected chi connectivity index (χ4v) is 2.61. The molecule has 1 aromatic heterocycles. The lowest BCUT2D eigenvalue weighted by atomic mass is 10.1. The van der Waals surface area contributed by atoms with E-state index in [1.54, 1.807) is 0 Å². The van der Waals surface area contributed by atoms with E-state index < -0.39 is 34.6 Å². The number of carboxylic acid groups (broad SMARTS) is 1. The van der Waals surface area contributed by atoms with Crippen molar-refractivity contribution in [3.05, 3.63) is 46.1 Å². The van der Waals surface area contributed by atoms with Gasteiger partial charge in [0.1, 0.15) is 12.8 Å². The lowest BCUT2D eigenvalue weighted by molar-refractivity contribution is -0.389. The highest BCUT2D eigenvalue weighted by Crippen LogP contribution is 2.32. The van der Waals surface area contributed by atoms with Gasteiger partial charge in [-0.25, -0.2) is 4.79 Å². The molecule has 0 unspecified atom stereocenters. The average molecular weight is 372 g/mol. The minimum atomic E-state index is -4.54. The Morgan fingerprint density at radius 1 is 1.38 bits per heavy atom. The van der Waals surface area contributed by atoms with E-state index in [0.29, 0.717) is 0 Å². The number of hydrogen-bond acceptors (Lipinski definition) is 5. The number of aromatic nitrogens is 2. The molecule has 0 spiro atoms. The molecule has 26 heavy (non-hydrogen) atoms. The first-order valence-corrected chi connectivity index (χ1v) is 7.20. The quantitative estimate of drug-likeness (QED) is 0.655. The van der Waals surface area contributed by atoms with Crippen LogP contribution in [0, 0.1) is 10.1 Å². The highest BCUT2D eigenvalue weighted by atomic mass is 19.4. The van der Waals surface area contributed by atoms with E-state index >= 15 is 0 Å². The van der Waals surface area contributed by atoms with Crippen molar-refractivity contribution in [3.8, 4) is 6.01 Å². The number of nitrogens with zero attached hydrogens (tertiary/aromatic N) is 4. The van der Waals surface area contributed by atoms with Crippen molar-refractivity contribution in [3.63, 3.8) is 0 Å². The molecule has 2 heterocycles. The van der Waals surface area contributed by atoms with Crippen molar-refractivity contribution >= 4 is 17.6 Å². The number of alkyl halides is 3. The predicted molar refractivity (Wildman–Crippen MR) is 80.1 cm³/mol. The van der Waals surface area contributed by atoms with Gasteiger partial charge < -0.3 is 20.0 Å². The smallest absolute Gasteiger partial charge is 0.416 e. The summed E-state index contributed by atoms with van der Waals surface area (Å²) < 4.78 is 44.5. The van der Waals surface area contributed by atoms with Crippen LogP contribution in [0.3, 0.4) is 0 Å². The van der Waals surface area contributed by atoms with Crippen LogP contribution in [0.4, 0.5) is 29.5 Å². The van der Waals surface area contributed by atoms with Crippen molar-refractivity contribution in [1.82, 2.24) is 9.55 Å². The topological polar surface area (TPSA) is 111 Å². The fourth-order valence-electron chi connectivity index (χ4n) is 2.61. The number of amides is 1. The summed E-state index contributed by atoms with van der Waals surface area (Å²) in [6.07, 6.45) is -4.82. The number of hydrogen-bond donors (Lipinski definition) is 1. The first kappa shape index (κ1) is 17.5. The van der Waals surface area contributed by atoms with Gasteiger partial charge in [0.15, 0.2) is 0 Å². The Bertz CT molecular complexity index is 849. The van der Waals surface area contributed by atoms with Crippen molar-refractivity contribution in [2.75, 3.05) is 11.5 Å². The number of rotatable bonds is 3. The molecule has 2 aromatic rings. The lowest BCUT2D eigenvalue weighted by Crippen LogP contribution is -2.47. The number of benzene rings is 1. The summed E-state index contributed by atoms with van der Waals surface area (Å²) in [5.41, 5.74) is -0.879. The van der Waals surface area contributed by atoms with Crippen LogP contribution in [0.2, 0.25) is 0 Å². The SMILES string of the molecule is O=C(O)N(c1ccc(C(F)(F)F)cc1)[C@@H]1COc2nc([N+](=O)[O-])cn2C1. The Morgan fingerprint density at radius 3 is 2.58 bits per heavy atom. The fraction of sp³-hybridized carbons (Fsp3) is 0.286. The predicted octanol–water partition coefficient (Wildman–Crippen LogP) is 2.76. The largest absolute Gasteiger partial charge is 0.465 e. The zero-order chi connectivity index (χ0) is 19.1. The Balaban J connectivity index is 1.87. The standard InChI is InChI=1S/C14H11F3N4O5/c15-14(16,17)8-1-3-9(4-2-8)20(13(22)23)10-5-19-6-11(21(24)25)18-12(19)26-7-10/h1-4,6,10H,5,7H2,(H,22,23)/t10-/m0/s1. The number of nitro groups is 1. The van der Waals surface area contributed by atoms with Gasteiger partial charge in [-0.1, -0.05) is 0 Å². The van der Waals surface area contributed by atoms with Crippen LogP contribution in [-0.2, 0) is 12.7 Å². The van der Waals surface area contributed by atoms with E-state index in [1.807, 2.05) is 0 Å². The van der Waals surface area contributed by atoms with Crippen molar-refractivity contribution in [2.45, 2.75) is 18.8 Å². The number of anilines is 1. The first-order chi connectivity index (χ1) is 12.2. The van der Waals surface area contributed by atoms with Gasteiger partial charge in [-0.05, 0) is 29.2 Å². The lowest BCUT2D eigenvalue weighted by Gasteiger charge is -2.31. The van der Waals surface area contributed by atoms with Gasteiger partial charge in [-0.15, -0.1) is 0 Å². The van der Waals surface area contributed by atoms with Gasteiger partial charge >= 0.3 is 24.1 Å². The molecule has 0 fully saturated rings. The second-order valence-electron chi connectivity index (χ2n) is 5.45. The van der Waals surface area contributed by atoms with E-state index in [0.717, 1.165) is 35.4 Å². The summed E-state index contributed by atoms with van der Waals surface area (Å²) in [5.74, 6) is -0.447. The molecule has 1 N–H and O–H groups in total. The highest BCUT2D eigenvalue weighted by molar-refractivity contribution is 5.86. The number of ether oxygens (including phenoxy) is 1. The zero-order valence-corrected chi connectivity index (χ0v) is 12.9. The minimum absolute atomic E-state index is 0.00347. The van der Waals surface area contributed by atoms with Crippen LogP contribution in [0.1, 0.15) is 5.56 Å². The minimum Gasteiger partial charge on any atom is -0.465 e. The summed E-state index contributed by atoms with van der Waals surface area (Å²) in [4.78, 5) is 26.2. The second-order valence-corrected chi connectivity index (χ2v) is 5.45. The molecule has 1 aliphatic heterocycles. The number of halogens is 3. The van der Waals surface area contributed by atoms with Crippen molar-refractivity contribution < 1.29 is 32.7 Å². The highest BCUT2D eigenvalue weighted by Gasteiger charge is 2.35. The Labute approximate surface area is 143 Å². The van der Waals surface area contributed by atoms with Crippen LogP contribution in [-0.4, -0.2) is 38.3 Å². The normalized spacial score (nSPS) is 16.5. The van der Waals surface area contributed by atoms with Gasteiger partial charge in [0.05, 0.1) is 18.2 Å². The molecular formula is C14H11F3N4O5. The molecule has 0 saturated heterocycles. The van der Waals surface area contributed by atoms with Gasteiger partial charge in [0, 0.05) is 10.7 Å². The molecule has 1 aromatic carbocycles. The van der Waals surface area contributed by atoms with Crippen LogP contribution in [0.5, 0.6) is 6.01 Å². The zero-order valence-electron chi connectivity index (χ0n) is 12.9. The third kappa shape index (κ3) is 3.25. The molecule has 138 valence electrons. The third-order valence-electron chi connectivity index (χ3n) is 3.77. The molecular weight excluding hydrogens is 361 g/mol. The average Bonchev–Trinajstić information content (AvgIpc) is 2.98. The van der Waals surface area contributed by atoms with Gasteiger partial charge in [-0.2, -0.15) is 13.2 Å². The Hall–Kier alpha value is -3.31. The molecule has 1 aliphatic rings. The van der Waals surface area contributed by atoms with E-state index in [1.165, 1.54) is 4.57 Å². The van der Waals surface area contributed by atoms with Crippen molar-refractivity contribution in [1.29, 1.82) is 0 Å². The van der Waals surface area contributed by atoms with Gasteiger partial charge in [0.25, 0.3) is 0 Å². The summed E-state index contributed by atoms with van der Waals surface area (Å²) in [7, 11) is 0. The summed E-state index contributed by atoms with van der Waals surface area (Å²) in [6, 6.07) is 2.83. The summed E-state index contributed by atoms with van der Waals surface area (Å²) in [5, 5.41) is 20.2. The Morgan fingerprint density at radius 2 is 2.04 bits per heavy atom. The van der Waals surface area contributed by atoms with Gasteiger partial charge in [-0.3, -0.25) is 9.47 Å². The molecule has 0 saturated carbocycles. The molecule has 0 bridgehead atoms. The molecule has 1 amide bonds. The van der Waals surface area contributed by atoms with E-state index in [4.69, 9.17) is 4.74 Å². The molecule has 12 heteroatoms. The summed E-state index contributed by atoms with van der Waals surface area (Å²) >= 11 is 0. The number of fused-ring (bicyclic) bond motifs is 1. The van der Waals surface area contributed by atoms with Crippen LogP contribution in [0.25, 0.3) is 0 Å². The maximum Gasteiger partial charge on any atom is 0.416 e. The molecule has 3 rings (SSSR count). The van der Waals surface area contributed by atoms with Crippen LogP contribution >= 0.6 is 0 Å². The van der Waals surface area contributed by atoms with Gasteiger partial charge in [0.2, 0.25) is 0 Å². The molecule has 1 atom stereocenters. The summed E-state index contributed by atoms with van der Waals surface area (Å²) in [6.45, 7) is -0.148. The third-order valence-corrected chi connectivity index (χ3v) is 3.77. The van der Waals surface area contributed by atoms with Crippen LogP contribution < -0.4 is 9.64 Å². The van der Waals surface area contributed by atoms with Crippen molar-refractivity contribution in [2.24, 2.45) is 0 Å². The van der Waals surface area contributed by atoms with E-state index in [-0.39, 0.29) is 24.8 Å². The molecule has 0 radical (unpaired) electrons. The Kier molecular flexibility index (Phi) is 4.18. The molecule has 9 nitrogen and oxygen atoms in total. The van der Waals surface area contributed by atoms with E-state index in [2.05, 4.69) is 4.98 Å². The second kappa shape index (κ2) is 6.20. The number of carbonyl (C=O) groups is 1. The monoisotopic (exact) mass is 372 g/mol. The maximum atomic E-state index is 12.7. The molecule has 0 aliphatic carbocycles. The van der Waals surface area contributed by atoms with Crippen LogP contribution in [0.15, 0.2) is 30.5 Å². The van der Waals surface area contributed by atoms with E-state index in [9.17, 15) is 33.2 Å².